The molecule has 7 nitrogen and oxygen atoms in total. The quantitative estimate of drug-likeness (QED) is 0.501. The summed E-state index contributed by atoms with van der Waals surface area (Å²) in [5.74, 6) is -0.285. The summed E-state index contributed by atoms with van der Waals surface area (Å²) in [5, 5.41) is 2.80. The first kappa shape index (κ1) is 21.7. The van der Waals surface area contributed by atoms with Gasteiger partial charge in [0.25, 0.3) is 15.9 Å². The van der Waals surface area contributed by atoms with E-state index >= 15 is 0 Å². The van der Waals surface area contributed by atoms with Crippen LogP contribution >= 0.6 is 46.1 Å². The van der Waals surface area contributed by atoms with Gasteiger partial charge < -0.3 is 10.1 Å². The van der Waals surface area contributed by atoms with Gasteiger partial charge >= 0.3 is 0 Å². The van der Waals surface area contributed by atoms with Crippen molar-refractivity contribution in [2.45, 2.75) is 4.21 Å². The number of rotatable bonds is 6. The van der Waals surface area contributed by atoms with Gasteiger partial charge in [-0.3, -0.25) is 9.52 Å². The molecule has 0 saturated carbocycles. The Bertz CT molecular complexity index is 1160. The summed E-state index contributed by atoms with van der Waals surface area (Å²) < 4.78 is 33.5. The van der Waals surface area contributed by atoms with Gasteiger partial charge in [-0.05, 0) is 24.3 Å². The van der Waals surface area contributed by atoms with Crippen LogP contribution in [-0.4, -0.2) is 26.4 Å². The molecule has 0 aliphatic carbocycles. The molecule has 2 aromatic heterocycles. The van der Waals surface area contributed by atoms with Crippen LogP contribution in [0.25, 0.3) is 0 Å². The molecule has 29 heavy (non-hydrogen) atoms. The normalized spacial score (nSPS) is 11.2. The zero-order valence-corrected chi connectivity index (χ0v) is 18.5. The van der Waals surface area contributed by atoms with E-state index in [0.717, 1.165) is 11.3 Å². The molecular weight excluding hydrogens is 481 g/mol. The number of ether oxygens (including phenoxy) is 1. The fourth-order valence-corrected chi connectivity index (χ4v) is 5.30. The Morgan fingerprint density at radius 3 is 2.55 bits per heavy atom. The van der Waals surface area contributed by atoms with E-state index in [-0.39, 0.29) is 47.4 Å². The van der Waals surface area contributed by atoms with Crippen LogP contribution in [0.5, 0.6) is 11.6 Å². The molecule has 1 aromatic carbocycles. The molecule has 0 unspecified atom stereocenters. The number of carbonyl (C=O) groups is 1. The third kappa shape index (κ3) is 4.93. The number of anilines is 1. The molecule has 0 fully saturated rings. The van der Waals surface area contributed by atoms with Gasteiger partial charge in [0, 0.05) is 13.2 Å². The third-order valence-corrected chi connectivity index (χ3v) is 7.43. The highest BCUT2D eigenvalue weighted by atomic mass is 35.5. The number of pyridine rings is 1. The van der Waals surface area contributed by atoms with Crippen molar-refractivity contribution in [2.24, 2.45) is 0 Å². The van der Waals surface area contributed by atoms with Gasteiger partial charge in [-0.15, -0.1) is 11.3 Å². The Hall–Kier alpha value is -2.04. The first-order valence-corrected chi connectivity index (χ1v) is 11.3. The van der Waals surface area contributed by atoms with E-state index < -0.39 is 10.0 Å². The lowest BCUT2D eigenvalue weighted by molar-refractivity contribution is 0.0960. The molecule has 152 valence electrons. The van der Waals surface area contributed by atoms with E-state index in [0.29, 0.717) is 0 Å². The van der Waals surface area contributed by atoms with Crippen molar-refractivity contribution in [1.82, 2.24) is 10.3 Å². The lowest BCUT2D eigenvalue weighted by Gasteiger charge is -2.14. The standard InChI is InChI=1S/C17H12Cl3N3O4S2/c1-21-16(24)10-4-2-3-5-13(10)27-17-12(6-9(18)8-22-17)23-29(25,26)14-7-11(19)15(20)28-14/h2-8,23H,1H3,(H,21,24). The molecule has 0 spiro atoms. The summed E-state index contributed by atoms with van der Waals surface area (Å²) in [7, 11) is -2.55. The van der Waals surface area contributed by atoms with Gasteiger partial charge in [0.15, 0.2) is 0 Å². The highest BCUT2D eigenvalue weighted by molar-refractivity contribution is 7.94. The number of halogens is 3. The fourth-order valence-electron chi connectivity index (χ4n) is 2.22. The SMILES string of the molecule is CNC(=O)c1ccccc1Oc1ncc(Cl)cc1NS(=O)(=O)c1cc(Cl)c(Cl)s1. The molecule has 0 aliphatic heterocycles. The predicted molar refractivity (Wildman–Crippen MR) is 114 cm³/mol. The summed E-state index contributed by atoms with van der Waals surface area (Å²) >= 11 is 18.5. The highest BCUT2D eigenvalue weighted by Crippen LogP contribution is 2.37. The van der Waals surface area contributed by atoms with Crippen LogP contribution in [0.4, 0.5) is 5.69 Å². The Balaban J connectivity index is 1.98. The van der Waals surface area contributed by atoms with Gasteiger partial charge in [0.2, 0.25) is 5.88 Å². The van der Waals surface area contributed by atoms with Crippen LogP contribution in [0.2, 0.25) is 14.4 Å². The smallest absolute Gasteiger partial charge is 0.271 e. The first-order valence-electron chi connectivity index (χ1n) is 7.83. The molecule has 1 amide bonds. The van der Waals surface area contributed by atoms with Crippen molar-refractivity contribution >= 4 is 67.8 Å². The molecule has 12 heteroatoms. The molecule has 0 radical (unpaired) electrons. The molecular formula is C17H12Cl3N3O4S2. The maximum absolute atomic E-state index is 12.7. The van der Waals surface area contributed by atoms with E-state index in [1.165, 1.54) is 25.4 Å². The summed E-state index contributed by atoms with van der Waals surface area (Å²) in [6, 6.07) is 9.01. The van der Waals surface area contributed by atoms with Crippen LogP contribution in [-0.2, 0) is 10.0 Å². The molecule has 0 saturated heterocycles. The number of benzene rings is 1. The monoisotopic (exact) mass is 491 g/mol. The van der Waals surface area contributed by atoms with E-state index in [2.05, 4.69) is 15.0 Å². The van der Waals surface area contributed by atoms with E-state index in [9.17, 15) is 13.2 Å². The second kappa shape index (κ2) is 8.76. The lowest BCUT2D eigenvalue weighted by atomic mass is 10.2. The van der Waals surface area contributed by atoms with Crippen LogP contribution in [0, 0.1) is 0 Å². The predicted octanol–water partition coefficient (Wildman–Crippen LogP) is 5.06. The van der Waals surface area contributed by atoms with Gasteiger partial charge in [0.1, 0.15) is 20.0 Å². The van der Waals surface area contributed by atoms with Crippen molar-refractivity contribution in [2.75, 3.05) is 11.8 Å². The zero-order chi connectivity index (χ0) is 21.2. The minimum absolute atomic E-state index is 0.0233. The summed E-state index contributed by atoms with van der Waals surface area (Å²) in [6.07, 6.45) is 1.29. The number of nitrogens with one attached hydrogen (secondary N) is 2. The third-order valence-electron chi connectivity index (χ3n) is 3.51. The fraction of sp³-hybridized carbons (Fsp3) is 0.0588. The molecule has 2 heterocycles. The number of hydrogen-bond donors (Lipinski definition) is 2. The second-order valence-electron chi connectivity index (χ2n) is 5.48. The molecule has 3 rings (SSSR count). The average molecular weight is 493 g/mol. The minimum Gasteiger partial charge on any atom is -0.436 e. The maximum Gasteiger partial charge on any atom is 0.271 e. The van der Waals surface area contributed by atoms with Gasteiger partial charge in [-0.1, -0.05) is 46.9 Å². The van der Waals surface area contributed by atoms with Crippen molar-refractivity contribution in [3.63, 3.8) is 0 Å². The topological polar surface area (TPSA) is 97.4 Å². The van der Waals surface area contributed by atoms with Crippen LogP contribution in [0.15, 0.2) is 46.8 Å². The van der Waals surface area contributed by atoms with E-state index in [1.807, 2.05) is 0 Å². The summed E-state index contributed by atoms with van der Waals surface area (Å²) in [6.45, 7) is 0. The van der Waals surface area contributed by atoms with Gasteiger partial charge in [-0.25, -0.2) is 13.4 Å². The first-order chi connectivity index (χ1) is 13.7. The summed E-state index contributed by atoms with van der Waals surface area (Å²) in [4.78, 5) is 16.1. The van der Waals surface area contributed by atoms with Crippen LogP contribution < -0.4 is 14.8 Å². The van der Waals surface area contributed by atoms with Crippen molar-refractivity contribution < 1.29 is 17.9 Å². The number of amides is 1. The lowest BCUT2D eigenvalue weighted by Crippen LogP contribution is -2.18. The molecule has 0 bridgehead atoms. The average Bonchev–Trinajstić information content (AvgIpc) is 3.03. The second-order valence-corrected chi connectivity index (χ2v) is 9.88. The molecule has 0 aliphatic rings. The Labute approximate surface area is 185 Å². The van der Waals surface area contributed by atoms with E-state index in [4.69, 9.17) is 39.5 Å². The minimum atomic E-state index is -4.04. The Morgan fingerprint density at radius 2 is 1.90 bits per heavy atom. The number of aromatic nitrogens is 1. The highest BCUT2D eigenvalue weighted by Gasteiger charge is 2.23. The molecule has 3 aromatic rings. The molecule has 0 atom stereocenters. The van der Waals surface area contributed by atoms with Gasteiger partial charge in [0.05, 0.1) is 15.6 Å². The number of para-hydroxylation sites is 1. The number of nitrogens with zero attached hydrogens (tertiary/aromatic N) is 1. The van der Waals surface area contributed by atoms with Crippen molar-refractivity contribution in [3.05, 3.63) is 62.5 Å². The zero-order valence-electron chi connectivity index (χ0n) is 14.6. The number of hydrogen-bond acceptors (Lipinski definition) is 6. The van der Waals surface area contributed by atoms with Crippen molar-refractivity contribution in [3.8, 4) is 11.6 Å². The van der Waals surface area contributed by atoms with E-state index in [1.54, 1.807) is 24.3 Å². The summed E-state index contributed by atoms with van der Waals surface area (Å²) in [5.41, 5.74) is 0.224. The Morgan fingerprint density at radius 1 is 1.17 bits per heavy atom. The number of sulfonamides is 1. The van der Waals surface area contributed by atoms with Crippen LogP contribution in [0.1, 0.15) is 10.4 Å². The number of thiophene rings is 1. The van der Waals surface area contributed by atoms with Crippen molar-refractivity contribution in [1.29, 1.82) is 0 Å². The molecule has 2 N–H and O–H groups in total. The number of carbonyl (C=O) groups excluding carboxylic acids is 1. The largest absolute Gasteiger partial charge is 0.436 e. The Kier molecular flexibility index (Phi) is 6.55. The van der Waals surface area contributed by atoms with Crippen LogP contribution in [0.3, 0.4) is 0 Å². The van der Waals surface area contributed by atoms with Gasteiger partial charge in [-0.2, -0.15) is 0 Å². The maximum atomic E-state index is 12.7.